The number of fused-ring (bicyclic) bond motifs is 1. The summed E-state index contributed by atoms with van der Waals surface area (Å²) < 4.78 is 30.3. The van der Waals surface area contributed by atoms with Crippen LogP contribution in [0.2, 0.25) is 0 Å². The Hall–Kier alpha value is -2.19. The van der Waals surface area contributed by atoms with Crippen LogP contribution in [0.3, 0.4) is 0 Å². The summed E-state index contributed by atoms with van der Waals surface area (Å²) in [4.78, 5) is 0.321. The average molecular weight is 375 g/mol. The van der Waals surface area contributed by atoms with E-state index in [0.717, 1.165) is 36.1 Å². The van der Waals surface area contributed by atoms with Gasteiger partial charge in [-0.1, -0.05) is 25.5 Å². The average Bonchev–Trinajstić information content (AvgIpc) is 3.12. The first-order valence-electron chi connectivity index (χ1n) is 8.84. The molecule has 0 radical (unpaired) electrons. The van der Waals surface area contributed by atoms with Gasteiger partial charge in [0.2, 0.25) is 10.0 Å². The Morgan fingerprint density at radius 2 is 2.00 bits per heavy atom. The zero-order chi connectivity index (χ0) is 18.9. The molecule has 0 spiro atoms. The highest BCUT2D eigenvalue weighted by Gasteiger charge is 2.24. The van der Waals surface area contributed by atoms with Crippen LogP contribution in [0.15, 0.2) is 29.2 Å². The van der Waals surface area contributed by atoms with E-state index in [1.54, 1.807) is 17.5 Å². The molecule has 0 saturated heterocycles. The molecule has 0 bridgehead atoms. The Balaban J connectivity index is 1.88. The summed E-state index contributed by atoms with van der Waals surface area (Å²) in [6.07, 6.45) is 2.99. The number of nitrogens with one attached hydrogen (secondary N) is 2. The van der Waals surface area contributed by atoms with Gasteiger partial charge in [-0.05, 0) is 50.8 Å². The van der Waals surface area contributed by atoms with Crippen LogP contribution in [0.25, 0.3) is 5.65 Å². The molecule has 26 heavy (non-hydrogen) atoms. The molecule has 0 aliphatic carbocycles. The maximum Gasteiger partial charge on any atom is 0.241 e. The first kappa shape index (κ1) is 18.6. The van der Waals surface area contributed by atoms with Gasteiger partial charge in [-0.2, -0.15) is 0 Å². The van der Waals surface area contributed by atoms with Crippen molar-refractivity contribution in [1.29, 1.82) is 0 Å². The van der Waals surface area contributed by atoms with Crippen molar-refractivity contribution in [2.24, 2.45) is 0 Å². The van der Waals surface area contributed by atoms with Crippen LogP contribution >= 0.6 is 0 Å². The summed E-state index contributed by atoms with van der Waals surface area (Å²) >= 11 is 0. The van der Waals surface area contributed by atoms with Gasteiger partial charge in [0, 0.05) is 11.8 Å². The van der Waals surface area contributed by atoms with Gasteiger partial charge in [0.25, 0.3) is 0 Å². The van der Waals surface area contributed by atoms with Gasteiger partial charge < -0.3 is 0 Å². The maximum absolute atomic E-state index is 12.9. The van der Waals surface area contributed by atoms with Crippen LogP contribution in [0.4, 0.5) is 0 Å². The standard InChI is InChI=1S/C18H25N5O2S/c1-5-6-7-15-9-8-12(2)16(11-15)26(24,25)22-14(4)18-20-19-17-10-13(3)21-23(17)18/h8-11,14,21-22H,5-7H2,1-4H3. The van der Waals surface area contributed by atoms with E-state index in [0.29, 0.717) is 16.4 Å². The van der Waals surface area contributed by atoms with Crippen LogP contribution in [-0.4, -0.2) is 28.2 Å². The van der Waals surface area contributed by atoms with Gasteiger partial charge in [-0.25, -0.2) is 17.7 Å². The van der Waals surface area contributed by atoms with E-state index in [9.17, 15) is 8.42 Å². The SMILES string of the molecule is CCCCc1ccc(C)c(S(=O)(=O)NC(C)c2nnc3cc(C)[nH]n23)c1. The second kappa shape index (κ2) is 7.20. The molecule has 1 unspecified atom stereocenters. The summed E-state index contributed by atoms with van der Waals surface area (Å²) in [5, 5.41) is 11.3. The minimum Gasteiger partial charge on any atom is -0.295 e. The summed E-state index contributed by atoms with van der Waals surface area (Å²) in [5.41, 5.74) is 3.37. The number of benzene rings is 1. The highest BCUT2D eigenvalue weighted by atomic mass is 32.2. The molecular formula is C18H25N5O2S. The van der Waals surface area contributed by atoms with Crippen LogP contribution in [0.5, 0.6) is 0 Å². The topological polar surface area (TPSA) is 92.2 Å². The molecule has 8 heteroatoms. The van der Waals surface area contributed by atoms with Crippen molar-refractivity contribution in [1.82, 2.24) is 24.5 Å². The van der Waals surface area contributed by atoms with E-state index in [4.69, 9.17) is 0 Å². The highest BCUT2D eigenvalue weighted by Crippen LogP contribution is 2.21. The van der Waals surface area contributed by atoms with Crippen molar-refractivity contribution < 1.29 is 8.42 Å². The lowest BCUT2D eigenvalue weighted by molar-refractivity contribution is 0.554. The van der Waals surface area contributed by atoms with Gasteiger partial charge in [0.05, 0.1) is 10.9 Å². The zero-order valence-electron chi connectivity index (χ0n) is 15.6. The fourth-order valence-electron chi connectivity index (χ4n) is 3.02. The molecule has 0 aliphatic rings. The third-order valence-electron chi connectivity index (χ3n) is 4.43. The second-order valence-electron chi connectivity index (χ2n) is 6.74. The molecule has 0 fully saturated rings. The van der Waals surface area contributed by atoms with Crippen LogP contribution in [0, 0.1) is 13.8 Å². The van der Waals surface area contributed by atoms with Gasteiger partial charge in [-0.15, -0.1) is 10.2 Å². The van der Waals surface area contributed by atoms with Gasteiger partial charge in [-0.3, -0.25) is 5.10 Å². The Morgan fingerprint density at radius 1 is 1.23 bits per heavy atom. The lowest BCUT2D eigenvalue weighted by Crippen LogP contribution is -2.29. The van der Waals surface area contributed by atoms with Crippen molar-refractivity contribution in [2.75, 3.05) is 0 Å². The molecule has 140 valence electrons. The minimum atomic E-state index is -3.67. The second-order valence-corrected chi connectivity index (χ2v) is 8.42. The summed E-state index contributed by atoms with van der Waals surface area (Å²) in [6, 6.07) is 6.98. The van der Waals surface area contributed by atoms with E-state index >= 15 is 0 Å². The molecule has 2 aromatic heterocycles. The van der Waals surface area contributed by atoms with E-state index in [-0.39, 0.29) is 0 Å². The van der Waals surface area contributed by atoms with Gasteiger partial charge in [0.15, 0.2) is 11.5 Å². The van der Waals surface area contributed by atoms with Crippen molar-refractivity contribution >= 4 is 15.7 Å². The number of hydrogen-bond donors (Lipinski definition) is 2. The first-order valence-corrected chi connectivity index (χ1v) is 10.3. The largest absolute Gasteiger partial charge is 0.295 e. The quantitative estimate of drug-likeness (QED) is 0.664. The first-order chi connectivity index (χ1) is 12.3. The van der Waals surface area contributed by atoms with E-state index in [2.05, 4.69) is 26.9 Å². The van der Waals surface area contributed by atoms with Gasteiger partial charge >= 0.3 is 0 Å². The zero-order valence-corrected chi connectivity index (χ0v) is 16.4. The number of H-pyrrole nitrogens is 1. The lowest BCUT2D eigenvalue weighted by Gasteiger charge is -2.15. The number of unbranched alkanes of at least 4 members (excludes halogenated alkanes) is 1. The fraction of sp³-hybridized carbons (Fsp3) is 0.444. The monoisotopic (exact) mass is 375 g/mol. The highest BCUT2D eigenvalue weighted by molar-refractivity contribution is 7.89. The fourth-order valence-corrected chi connectivity index (χ4v) is 4.52. The molecule has 2 heterocycles. The summed E-state index contributed by atoms with van der Waals surface area (Å²) in [7, 11) is -3.67. The molecule has 0 aliphatic heterocycles. The predicted molar refractivity (Wildman–Crippen MR) is 101 cm³/mol. The third-order valence-corrected chi connectivity index (χ3v) is 6.11. The number of nitrogens with zero attached hydrogens (tertiary/aromatic N) is 3. The normalized spacial score (nSPS) is 13.4. The van der Waals surface area contributed by atoms with Crippen molar-refractivity contribution in [3.8, 4) is 0 Å². The van der Waals surface area contributed by atoms with Crippen molar-refractivity contribution in [3.63, 3.8) is 0 Å². The van der Waals surface area contributed by atoms with Crippen LogP contribution in [-0.2, 0) is 16.4 Å². The molecule has 1 aromatic carbocycles. The molecule has 3 rings (SSSR count). The number of aryl methyl sites for hydroxylation is 3. The lowest BCUT2D eigenvalue weighted by atomic mass is 10.1. The van der Waals surface area contributed by atoms with Crippen LogP contribution in [0.1, 0.15) is 55.4 Å². The molecule has 2 N–H and O–H groups in total. The number of rotatable bonds is 7. The van der Waals surface area contributed by atoms with E-state index in [1.165, 1.54) is 0 Å². The Morgan fingerprint density at radius 3 is 2.73 bits per heavy atom. The van der Waals surface area contributed by atoms with E-state index in [1.807, 2.05) is 32.0 Å². The van der Waals surface area contributed by atoms with Gasteiger partial charge in [0.1, 0.15) is 0 Å². The van der Waals surface area contributed by atoms with E-state index < -0.39 is 16.1 Å². The minimum absolute atomic E-state index is 0.321. The Labute approximate surface area is 153 Å². The molecule has 0 amide bonds. The van der Waals surface area contributed by atoms with Crippen molar-refractivity contribution in [2.45, 2.75) is 57.9 Å². The number of aromatic amines is 1. The predicted octanol–water partition coefficient (Wildman–Crippen LogP) is 3.06. The molecule has 7 nitrogen and oxygen atoms in total. The number of hydrogen-bond acceptors (Lipinski definition) is 4. The summed E-state index contributed by atoms with van der Waals surface area (Å²) in [6.45, 7) is 7.61. The molecule has 0 saturated carbocycles. The number of aromatic nitrogens is 4. The number of sulfonamides is 1. The molecule has 1 atom stereocenters. The maximum atomic E-state index is 12.9. The Bertz CT molecular complexity index is 1020. The Kier molecular flexibility index (Phi) is 5.15. The molecular weight excluding hydrogens is 350 g/mol. The third kappa shape index (κ3) is 3.66. The van der Waals surface area contributed by atoms with Crippen molar-refractivity contribution in [3.05, 3.63) is 46.9 Å². The molecule has 3 aromatic rings. The van der Waals surface area contributed by atoms with Crippen LogP contribution < -0.4 is 4.72 Å². The summed E-state index contributed by atoms with van der Waals surface area (Å²) in [5.74, 6) is 0.525. The smallest absolute Gasteiger partial charge is 0.241 e.